The summed E-state index contributed by atoms with van der Waals surface area (Å²) in [5.74, 6) is -0.653. The van der Waals surface area contributed by atoms with Gasteiger partial charge in [-0.2, -0.15) is 0 Å². The normalized spacial score (nSPS) is 17.6. The molecule has 0 unspecified atom stereocenters. The number of hydrogen-bond acceptors (Lipinski definition) is 4. The number of nitrogens with zero attached hydrogens (tertiary/aromatic N) is 1. The zero-order valence-corrected chi connectivity index (χ0v) is 16.7. The fourth-order valence-corrected chi connectivity index (χ4v) is 3.95. The third kappa shape index (κ3) is 4.49. The average molecular weight is 395 g/mol. The van der Waals surface area contributed by atoms with E-state index >= 15 is 0 Å². The molecule has 0 aliphatic carbocycles. The van der Waals surface area contributed by atoms with Crippen LogP contribution in [0.5, 0.6) is 0 Å². The Hall–Kier alpha value is -2.70. The first-order valence-electron chi connectivity index (χ1n) is 10.2. The van der Waals surface area contributed by atoms with E-state index < -0.39 is 12.1 Å². The highest BCUT2D eigenvalue weighted by atomic mass is 16.5. The van der Waals surface area contributed by atoms with Crippen LogP contribution in [0.25, 0.3) is 0 Å². The van der Waals surface area contributed by atoms with E-state index in [1.54, 1.807) is 24.0 Å². The van der Waals surface area contributed by atoms with Crippen molar-refractivity contribution in [1.82, 2.24) is 0 Å². The molecule has 1 saturated heterocycles. The summed E-state index contributed by atoms with van der Waals surface area (Å²) in [4.78, 5) is 28.5. The highest BCUT2D eigenvalue weighted by Gasteiger charge is 2.30. The minimum Gasteiger partial charge on any atom is -0.449 e. The number of morpholine rings is 1. The van der Waals surface area contributed by atoms with E-state index in [0.717, 1.165) is 50.5 Å². The standard InChI is InChI=1S/C23H26N2O4/c1-17(22(26)25-11-10-19-4-2-3-5-21(19)25)29-23(27)20-8-6-18(7-9-20)16-24-12-14-28-15-13-24/h2-9,17H,10-16H2,1H3/p+1/t17-/m0/s1. The molecule has 1 N–H and O–H groups in total. The van der Waals surface area contributed by atoms with Crippen LogP contribution in [0.2, 0.25) is 0 Å². The van der Waals surface area contributed by atoms with E-state index in [0.29, 0.717) is 12.1 Å². The average Bonchev–Trinajstić information content (AvgIpc) is 3.18. The second kappa shape index (κ2) is 8.76. The molecule has 6 heteroatoms. The predicted octanol–water partition coefficient (Wildman–Crippen LogP) is 1.24. The SMILES string of the molecule is C[C@H](OC(=O)c1ccc(C[NH+]2CCOCC2)cc1)C(=O)N1CCc2ccccc21. The number of quaternary nitrogens is 1. The summed E-state index contributed by atoms with van der Waals surface area (Å²) >= 11 is 0. The van der Waals surface area contributed by atoms with Gasteiger partial charge in [-0.25, -0.2) is 4.79 Å². The fourth-order valence-electron chi connectivity index (χ4n) is 3.95. The lowest BCUT2D eigenvalue weighted by atomic mass is 10.1. The van der Waals surface area contributed by atoms with Crippen molar-refractivity contribution in [3.63, 3.8) is 0 Å². The summed E-state index contributed by atoms with van der Waals surface area (Å²) in [6.07, 6.45) is 0.000884. The number of ether oxygens (including phenoxy) is 2. The van der Waals surface area contributed by atoms with Crippen LogP contribution in [-0.4, -0.2) is 50.8 Å². The van der Waals surface area contributed by atoms with E-state index in [9.17, 15) is 9.59 Å². The molecule has 29 heavy (non-hydrogen) atoms. The van der Waals surface area contributed by atoms with E-state index in [2.05, 4.69) is 0 Å². The summed E-state index contributed by atoms with van der Waals surface area (Å²) in [7, 11) is 0. The monoisotopic (exact) mass is 395 g/mol. The lowest BCUT2D eigenvalue weighted by Gasteiger charge is -2.23. The molecule has 2 aliphatic heterocycles. The van der Waals surface area contributed by atoms with Crippen LogP contribution >= 0.6 is 0 Å². The van der Waals surface area contributed by atoms with E-state index in [1.165, 1.54) is 10.5 Å². The minimum absolute atomic E-state index is 0.184. The van der Waals surface area contributed by atoms with Gasteiger partial charge in [-0.05, 0) is 37.1 Å². The number of para-hydroxylation sites is 1. The van der Waals surface area contributed by atoms with Crippen molar-refractivity contribution in [3.05, 3.63) is 65.2 Å². The van der Waals surface area contributed by atoms with Crippen LogP contribution in [-0.2, 0) is 27.2 Å². The Bertz CT molecular complexity index is 875. The maximum atomic E-state index is 12.8. The molecule has 2 aromatic rings. The number of benzene rings is 2. The second-order valence-corrected chi connectivity index (χ2v) is 7.65. The molecule has 1 fully saturated rings. The molecule has 152 valence electrons. The van der Waals surface area contributed by atoms with Crippen molar-refractivity contribution in [3.8, 4) is 0 Å². The number of hydrogen-bond donors (Lipinski definition) is 1. The highest BCUT2D eigenvalue weighted by molar-refractivity contribution is 6.00. The van der Waals surface area contributed by atoms with Crippen LogP contribution in [0, 0.1) is 0 Å². The van der Waals surface area contributed by atoms with Crippen LogP contribution in [0.3, 0.4) is 0 Å². The molecular formula is C23H27N2O4+. The van der Waals surface area contributed by atoms with Crippen LogP contribution in [0.15, 0.2) is 48.5 Å². The lowest BCUT2D eigenvalue weighted by molar-refractivity contribution is -0.921. The van der Waals surface area contributed by atoms with Crippen molar-refractivity contribution >= 4 is 17.6 Å². The summed E-state index contributed by atoms with van der Waals surface area (Å²) in [5.41, 5.74) is 3.70. The second-order valence-electron chi connectivity index (χ2n) is 7.65. The topological polar surface area (TPSA) is 60.3 Å². The minimum atomic E-state index is -0.828. The smallest absolute Gasteiger partial charge is 0.338 e. The molecule has 2 aromatic carbocycles. The first kappa shape index (κ1) is 19.6. The highest BCUT2D eigenvalue weighted by Crippen LogP contribution is 2.28. The summed E-state index contributed by atoms with van der Waals surface area (Å²) in [5, 5.41) is 0. The van der Waals surface area contributed by atoms with Gasteiger partial charge in [0.2, 0.25) is 0 Å². The van der Waals surface area contributed by atoms with Gasteiger partial charge in [0.25, 0.3) is 5.91 Å². The third-order valence-electron chi connectivity index (χ3n) is 5.63. The number of anilines is 1. The van der Waals surface area contributed by atoms with Crippen molar-refractivity contribution in [2.45, 2.75) is 26.0 Å². The van der Waals surface area contributed by atoms with Crippen molar-refractivity contribution in [2.24, 2.45) is 0 Å². The van der Waals surface area contributed by atoms with Crippen molar-refractivity contribution in [1.29, 1.82) is 0 Å². The lowest BCUT2D eigenvalue weighted by Crippen LogP contribution is -3.12. The number of rotatable bonds is 5. The summed E-state index contributed by atoms with van der Waals surface area (Å²) in [6, 6.07) is 15.3. The molecule has 0 spiro atoms. The Morgan fingerprint density at radius 2 is 1.83 bits per heavy atom. The molecule has 0 saturated carbocycles. The van der Waals surface area contributed by atoms with Gasteiger partial charge in [0.15, 0.2) is 6.10 Å². The molecule has 6 nitrogen and oxygen atoms in total. The van der Waals surface area contributed by atoms with E-state index in [4.69, 9.17) is 9.47 Å². The molecule has 0 bridgehead atoms. The first-order chi connectivity index (χ1) is 14.1. The molecule has 4 rings (SSSR count). The van der Waals surface area contributed by atoms with E-state index in [1.807, 2.05) is 36.4 Å². The Morgan fingerprint density at radius 1 is 1.10 bits per heavy atom. The van der Waals surface area contributed by atoms with E-state index in [-0.39, 0.29) is 5.91 Å². The molecule has 2 heterocycles. The third-order valence-corrected chi connectivity index (χ3v) is 5.63. The van der Waals surface area contributed by atoms with Gasteiger partial charge >= 0.3 is 5.97 Å². The Kier molecular flexibility index (Phi) is 5.92. The number of esters is 1. The van der Waals surface area contributed by atoms with Crippen LogP contribution < -0.4 is 9.80 Å². The number of fused-ring (bicyclic) bond motifs is 1. The maximum absolute atomic E-state index is 12.8. The first-order valence-corrected chi connectivity index (χ1v) is 10.2. The van der Waals surface area contributed by atoms with Gasteiger partial charge < -0.3 is 19.3 Å². The van der Waals surface area contributed by atoms with Gasteiger partial charge in [0, 0.05) is 17.8 Å². The zero-order chi connectivity index (χ0) is 20.2. The Morgan fingerprint density at radius 3 is 2.59 bits per heavy atom. The predicted molar refractivity (Wildman–Crippen MR) is 109 cm³/mol. The molecule has 1 atom stereocenters. The number of nitrogens with one attached hydrogen (secondary N) is 1. The maximum Gasteiger partial charge on any atom is 0.338 e. The summed E-state index contributed by atoms with van der Waals surface area (Å²) < 4.78 is 10.9. The Labute approximate surface area is 171 Å². The van der Waals surface area contributed by atoms with Crippen LogP contribution in [0.1, 0.15) is 28.4 Å². The molecular weight excluding hydrogens is 368 g/mol. The van der Waals surface area contributed by atoms with Gasteiger partial charge in [-0.1, -0.05) is 30.3 Å². The fraction of sp³-hybridized carbons (Fsp3) is 0.391. The van der Waals surface area contributed by atoms with Crippen molar-refractivity contribution in [2.75, 3.05) is 37.7 Å². The van der Waals surface area contributed by atoms with Crippen molar-refractivity contribution < 1.29 is 24.0 Å². The zero-order valence-electron chi connectivity index (χ0n) is 16.7. The Balaban J connectivity index is 1.34. The largest absolute Gasteiger partial charge is 0.449 e. The molecule has 1 amide bonds. The van der Waals surface area contributed by atoms with Gasteiger partial charge in [0.1, 0.15) is 19.6 Å². The number of amides is 1. The van der Waals surface area contributed by atoms with Gasteiger partial charge in [0.05, 0.1) is 18.8 Å². The van der Waals surface area contributed by atoms with Gasteiger partial charge in [-0.15, -0.1) is 0 Å². The summed E-state index contributed by atoms with van der Waals surface area (Å²) in [6.45, 7) is 6.78. The molecule has 0 radical (unpaired) electrons. The van der Waals surface area contributed by atoms with Crippen LogP contribution in [0.4, 0.5) is 5.69 Å². The quantitative estimate of drug-likeness (QED) is 0.774. The van der Waals surface area contributed by atoms with Gasteiger partial charge in [-0.3, -0.25) is 4.79 Å². The number of carbonyl (C=O) groups is 2. The molecule has 2 aliphatic rings. The number of carbonyl (C=O) groups excluding carboxylic acids is 2. The molecule has 0 aromatic heterocycles.